The standard InChI is InChI=1S/C18H16N4O4/c1-11-3-8-17(23)16(9-11)19-10-15-12(2)20-21(18(15)24)13-4-6-14(7-5-13)22(25)26/h3-10,15,23H,1-2H3. The van der Waals surface area contributed by atoms with E-state index >= 15 is 0 Å². The van der Waals surface area contributed by atoms with Crippen molar-refractivity contribution in [2.75, 3.05) is 5.01 Å². The van der Waals surface area contributed by atoms with Gasteiger partial charge in [-0.3, -0.25) is 19.9 Å². The molecule has 0 bridgehead atoms. The molecule has 8 heteroatoms. The Morgan fingerprint density at radius 1 is 1.23 bits per heavy atom. The first-order valence-electron chi connectivity index (χ1n) is 7.84. The molecule has 1 unspecified atom stereocenters. The minimum absolute atomic E-state index is 0.0270. The molecule has 1 heterocycles. The van der Waals surface area contributed by atoms with Crippen LogP contribution in [0.3, 0.4) is 0 Å². The maximum atomic E-state index is 12.6. The number of hydrogen-bond acceptors (Lipinski definition) is 6. The number of anilines is 1. The molecular formula is C18H16N4O4. The van der Waals surface area contributed by atoms with Crippen molar-refractivity contribution in [1.29, 1.82) is 0 Å². The molecule has 0 saturated carbocycles. The van der Waals surface area contributed by atoms with Gasteiger partial charge in [-0.25, -0.2) is 0 Å². The van der Waals surface area contributed by atoms with Gasteiger partial charge in [0, 0.05) is 18.3 Å². The molecule has 1 amide bonds. The molecule has 1 aliphatic heterocycles. The van der Waals surface area contributed by atoms with E-state index in [4.69, 9.17) is 0 Å². The quantitative estimate of drug-likeness (QED) is 0.517. The fourth-order valence-electron chi connectivity index (χ4n) is 2.54. The normalized spacial score (nSPS) is 17.0. The summed E-state index contributed by atoms with van der Waals surface area (Å²) in [6, 6.07) is 10.6. The predicted octanol–water partition coefficient (Wildman–Crippen LogP) is 3.35. The van der Waals surface area contributed by atoms with E-state index in [1.165, 1.54) is 35.5 Å². The number of carbonyl (C=O) groups is 1. The maximum absolute atomic E-state index is 12.6. The fraction of sp³-hybridized carbons (Fsp3) is 0.167. The molecule has 2 aromatic carbocycles. The number of nitrogens with zero attached hydrogens (tertiary/aromatic N) is 4. The molecule has 0 aliphatic carbocycles. The van der Waals surface area contributed by atoms with Crippen molar-refractivity contribution < 1.29 is 14.8 Å². The van der Waals surface area contributed by atoms with Crippen molar-refractivity contribution in [1.82, 2.24) is 0 Å². The second kappa shape index (κ2) is 6.75. The fourth-order valence-corrected chi connectivity index (χ4v) is 2.54. The van der Waals surface area contributed by atoms with Crippen LogP contribution in [0.2, 0.25) is 0 Å². The van der Waals surface area contributed by atoms with Crippen LogP contribution in [0.4, 0.5) is 17.1 Å². The smallest absolute Gasteiger partial charge is 0.269 e. The molecule has 132 valence electrons. The van der Waals surface area contributed by atoms with E-state index in [-0.39, 0.29) is 17.3 Å². The number of non-ortho nitro benzene ring substituents is 1. The Hall–Kier alpha value is -3.55. The minimum atomic E-state index is -0.662. The minimum Gasteiger partial charge on any atom is -0.506 e. The molecule has 0 spiro atoms. The first-order valence-corrected chi connectivity index (χ1v) is 7.84. The largest absolute Gasteiger partial charge is 0.506 e. The van der Waals surface area contributed by atoms with Crippen molar-refractivity contribution in [3.63, 3.8) is 0 Å². The molecule has 2 aromatic rings. The predicted molar refractivity (Wildman–Crippen MR) is 98.2 cm³/mol. The molecular weight excluding hydrogens is 336 g/mol. The zero-order valence-corrected chi connectivity index (χ0v) is 14.2. The van der Waals surface area contributed by atoms with E-state index < -0.39 is 10.8 Å². The number of hydrogen-bond donors (Lipinski definition) is 1. The SMILES string of the molecule is CC1=NN(c2ccc([N+](=O)[O-])cc2)C(=O)C1C=Nc1cc(C)ccc1O. The third kappa shape index (κ3) is 3.30. The second-order valence-electron chi connectivity index (χ2n) is 5.91. The molecule has 1 N–H and O–H groups in total. The van der Waals surface area contributed by atoms with Gasteiger partial charge < -0.3 is 5.11 Å². The summed E-state index contributed by atoms with van der Waals surface area (Å²) >= 11 is 0. The summed E-state index contributed by atoms with van der Waals surface area (Å²) in [6.45, 7) is 3.58. The van der Waals surface area contributed by atoms with E-state index in [9.17, 15) is 20.0 Å². The average Bonchev–Trinajstić information content (AvgIpc) is 2.90. The van der Waals surface area contributed by atoms with Gasteiger partial charge in [0.1, 0.15) is 17.4 Å². The summed E-state index contributed by atoms with van der Waals surface area (Å²) in [5.74, 6) is -0.948. The number of nitro groups is 1. The third-order valence-electron chi connectivity index (χ3n) is 3.98. The molecule has 0 fully saturated rings. The van der Waals surface area contributed by atoms with Crippen LogP contribution in [0.15, 0.2) is 52.6 Å². The Balaban J connectivity index is 1.82. The molecule has 0 radical (unpaired) electrons. The number of carbonyl (C=O) groups excluding carboxylic acids is 1. The number of amides is 1. The van der Waals surface area contributed by atoms with Crippen LogP contribution in [0, 0.1) is 23.0 Å². The third-order valence-corrected chi connectivity index (χ3v) is 3.98. The molecule has 0 aromatic heterocycles. The molecule has 8 nitrogen and oxygen atoms in total. The van der Waals surface area contributed by atoms with Gasteiger partial charge in [-0.1, -0.05) is 6.07 Å². The lowest BCUT2D eigenvalue weighted by Gasteiger charge is -2.12. The Bertz CT molecular complexity index is 935. The van der Waals surface area contributed by atoms with Crippen LogP contribution in [0.5, 0.6) is 5.75 Å². The highest BCUT2D eigenvalue weighted by atomic mass is 16.6. The average molecular weight is 352 g/mol. The maximum Gasteiger partial charge on any atom is 0.269 e. The van der Waals surface area contributed by atoms with Crippen LogP contribution in [-0.2, 0) is 4.79 Å². The lowest BCUT2D eigenvalue weighted by molar-refractivity contribution is -0.384. The van der Waals surface area contributed by atoms with E-state index in [0.717, 1.165) is 5.56 Å². The van der Waals surface area contributed by atoms with Gasteiger partial charge in [0.2, 0.25) is 0 Å². The van der Waals surface area contributed by atoms with Crippen LogP contribution < -0.4 is 5.01 Å². The van der Waals surface area contributed by atoms with Crippen molar-refractivity contribution in [2.45, 2.75) is 13.8 Å². The van der Waals surface area contributed by atoms with Gasteiger partial charge in [-0.15, -0.1) is 0 Å². The van der Waals surface area contributed by atoms with E-state index in [1.54, 1.807) is 25.1 Å². The Morgan fingerprint density at radius 3 is 2.58 bits per heavy atom. The summed E-state index contributed by atoms with van der Waals surface area (Å²) in [5.41, 5.74) is 2.23. The number of aliphatic imine (C=N–C) groups is 1. The number of phenolic OH excluding ortho intramolecular Hbond substituents is 1. The van der Waals surface area contributed by atoms with Gasteiger partial charge in [-0.2, -0.15) is 10.1 Å². The number of hydrazone groups is 1. The van der Waals surface area contributed by atoms with Crippen molar-refractivity contribution in [3.05, 3.63) is 58.1 Å². The summed E-state index contributed by atoms with van der Waals surface area (Å²) in [7, 11) is 0. The number of nitro benzene ring substituents is 1. The van der Waals surface area contributed by atoms with Gasteiger partial charge in [0.15, 0.2) is 0 Å². The van der Waals surface area contributed by atoms with Gasteiger partial charge in [-0.05, 0) is 43.7 Å². The first kappa shape index (κ1) is 17.3. The summed E-state index contributed by atoms with van der Waals surface area (Å²) in [5, 5.41) is 26.0. The Kier molecular flexibility index (Phi) is 4.49. The second-order valence-corrected chi connectivity index (χ2v) is 5.91. The monoisotopic (exact) mass is 352 g/mol. The van der Waals surface area contributed by atoms with Gasteiger partial charge >= 0.3 is 0 Å². The topological polar surface area (TPSA) is 108 Å². The van der Waals surface area contributed by atoms with Crippen LogP contribution in [0.25, 0.3) is 0 Å². The molecule has 0 saturated heterocycles. The summed E-state index contributed by atoms with van der Waals surface area (Å²) in [4.78, 5) is 27.1. The number of benzene rings is 2. The Morgan fingerprint density at radius 2 is 1.92 bits per heavy atom. The van der Waals surface area contributed by atoms with Gasteiger partial charge in [0.25, 0.3) is 11.6 Å². The lowest BCUT2D eigenvalue weighted by atomic mass is 10.1. The number of aryl methyl sites for hydroxylation is 1. The zero-order chi connectivity index (χ0) is 18.8. The Labute approximate surface area is 149 Å². The van der Waals surface area contributed by atoms with Crippen molar-refractivity contribution >= 4 is 34.9 Å². The highest BCUT2D eigenvalue weighted by Gasteiger charge is 2.33. The molecule has 3 rings (SSSR count). The highest BCUT2D eigenvalue weighted by Crippen LogP contribution is 2.29. The van der Waals surface area contributed by atoms with Crippen LogP contribution in [0.1, 0.15) is 12.5 Å². The zero-order valence-electron chi connectivity index (χ0n) is 14.2. The van der Waals surface area contributed by atoms with E-state index in [1.807, 2.05) is 6.92 Å². The van der Waals surface area contributed by atoms with Crippen molar-refractivity contribution in [2.24, 2.45) is 16.0 Å². The number of aromatic hydroxyl groups is 1. The first-order chi connectivity index (χ1) is 12.4. The number of phenols is 1. The molecule has 1 aliphatic rings. The van der Waals surface area contributed by atoms with Crippen LogP contribution >= 0.6 is 0 Å². The molecule has 1 atom stereocenters. The lowest BCUT2D eigenvalue weighted by Crippen LogP contribution is -2.27. The molecule has 26 heavy (non-hydrogen) atoms. The number of rotatable bonds is 4. The van der Waals surface area contributed by atoms with Crippen molar-refractivity contribution in [3.8, 4) is 5.75 Å². The van der Waals surface area contributed by atoms with Gasteiger partial charge in [0.05, 0.1) is 16.3 Å². The van der Waals surface area contributed by atoms with E-state index in [2.05, 4.69) is 10.1 Å². The summed E-state index contributed by atoms with van der Waals surface area (Å²) < 4.78 is 0. The highest BCUT2D eigenvalue weighted by molar-refractivity contribution is 6.23. The van der Waals surface area contributed by atoms with Crippen LogP contribution in [-0.4, -0.2) is 27.9 Å². The summed E-state index contributed by atoms with van der Waals surface area (Å²) in [6.07, 6.45) is 1.45. The van der Waals surface area contributed by atoms with E-state index in [0.29, 0.717) is 17.1 Å².